The number of fused-ring (bicyclic) bond motifs is 1. The SMILES string of the molecule is CN(Cc1cc2cc(F)ccc2[nH]1)C(=O)CCc1nnc(C2CCCCC2)o1. The number of carbonyl (C=O) groups excluding carboxylic acids is 1. The van der Waals surface area contributed by atoms with Crippen LogP contribution in [0.4, 0.5) is 4.39 Å². The minimum atomic E-state index is -0.269. The van der Waals surface area contributed by atoms with Crippen molar-refractivity contribution in [3.63, 3.8) is 0 Å². The van der Waals surface area contributed by atoms with Gasteiger partial charge in [0.25, 0.3) is 0 Å². The largest absolute Gasteiger partial charge is 0.425 e. The molecule has 28 heavy (non-hydrogen) atoms. The Balaban J connectivity index is 1.31. The fraction of sp³-hybridized carbons (Fsp3) is 0.476. The molecule has 2 heterocycles. The Morgan fingerprint density at radius 1 is 1.25 bits per heavy atom. The summed E-state index contributed by atoms with van der Waals surface area (Å²) in [5, 5.41) is 9.10. The van der Waals surface area contributed by atoms with Gasteiger partial charge in [0.15, 0.2) is 0 Å². The standard InChI is InChI=1S/C21H25FN4O2/c1-26(13-17-12-15-11-16(22)7-8-18(15)23-17)20(27)10-9-19-24-25-21(28-19)14-5-3-2-4-6-14/h7-8,11-12,14,23H,2-6,9-10,13H2,1H3. The van der Waals surface area contributed by atoms with Crippen LogP contribution in [0.3, 0.4) is 0 Å². The van der Waals surface area contributed by atoms with Gasteiger partial charge in [-0.3, -0.25) is 4.79 Å². The fourth-order valence-electron chi connectivity index (χ4n) is 3.88. The van der Waals surface area contributed by atoms with E-state index in [-0.39, 0.29) is 11.7 Å². The van der Waals surface area contributed by atoms with E-state index < -0.39 is 0 Å². The molecule has 0 atom stereocenters. The molecule has 3 aromatic rings. The van der Waals surface area contributed by atoms with Gasteiger partial charge in [-0.25, -0.2) is 4.39 Å². The molecule has 0 aliphatic heterocycles. The Morgan fingerprint density at radius 2 is 2.07 bits per heavy atom. The van der Waals surface area contributed by atoms with Crippen LogP contribution in [0.15, 0.2) is 28.7 Å². The Hall–Kier alpha value is -2.70. The minimum Gasteiger partial charge on any atom is -0.425 e. The predicted octanol–water partition coefficient (Wildman–Crippen LogP) is 4.33. The molecule has 1 saturated carbocycles. The lowest BCUT2D eigenvalue weighted by Crippen LogP contribution is -2.26. The Kier molecular flexibility index (Phi) is 5.41. The number of hydrogen-bond donors (Lipinski definition) is 1. The summed E-state index contributed by atoms with van der Waals surface area (Å²) in [6, 6.07) is 6.48. The van der Waals surface area contributed by atoms with Crippen LogP contribution >= 0.6 is 0 Å². The van der Waals surface area contributed by atoms with Gasteiger partial charge in [0, 0.05) is 42.4 Å². The lowest BCUT2D eigenvalue weighted by Gasteiger charge is -2.17. The minimum absolute atomic E-state index is 0.00209. The van der Waals surface area contributed by atoms with E-state index in [4.69, 9.17) is 4.42 Å². The lowest BCUT2D eigenvalue weighted by atomic mass is 9.89. The zero-order chi connectivity index (χ0) is 19.5. The normalized spacial score (nSPS) is 15.2. The highest BCUT2D eigenvalue weighted by molar-refractivity contribution is 5.81. The first kappa shape index (κ1) is 18.7. The number of H-pyrrole nitrogens is 1. The third-order valence-electron chi connectivity index (χ3n) is 5.46. The molecule has 0 saturated heterocycles. The highest BCUT2D eigenvalue weighted by atomic mass is 19.1. The van der Waals surface area contributed by atoms with Gasteiger partial charge in [0.1, 0.15) is 5.82 Å². The molecule has 1 aliphatic carbocycles. The van der Waals surface area contributed by atoms with Crippen LogP contribution in [0.1, 0.15) is 61.9 Å². The Morgan fingerprint density at radius 3 is 2.89 bits per heavy atom. The van der Waals surface area contributed by atoms with Gasteiger partial charge in [-0.2, -0.15) is 0 Å². The van der Waals surface area contributed by atoms with Crippen molar-refractivity contribution in [1.82, 2.24) is 20.1 Å². The molecule has 1 fully saturated rings. The van der Waals surface area contributed by atoms with Crippen molar-refractivity contribution in [3.05, 3.63) is 47.6 Å². The quantitative estimate of drug-likeness (QED) is 0.686. The van der Waals surface area contributed by atoms with Crippen LogP contribution in [-0.2, 0) is 17.8 Å². The predicted molar refractivity (Wildman–Crippen MR) is 103 cm³/mol. The summed E-state index contributed by atoms with van der Waals surface area (Å²) < 4.78 is 19.1. The van der Waals surface area contributed by atoms with Gasteiger partial charge in [0.05, 0.1) is 6.54 Å². The molecule has 0 spiro atoms. The van der Waals surface area contributed by atoms with Gasteiger partial charge < -0.3 is 14.3 Å². The van der Waals surface area contributed by atoms with E-state index in [1.807, 2.05) is 6.07 Å². The molecule has 1 amide bonds. The highest BCUT2D eigenvalue weighted by Gasteiger charge is 2.21. The molecule has 4 rings (SSSR count). The zero-order valence-electron chi connectivity index (χ0n) is 16.1. The number of carbonyl (C=O) groups is 1. The second kappa shape index (κ2) is 8.12. The highest BCUT2D eigenvalue weighted by Crippen LogP contribution is 2.31. The van der Waals surface area contributed by atoms with Crippen molar-refractivity contribution in [2.24, 2.45) is 0 Å². The number of benzene rings is 1. The van der Waals surface area contributed by atoms with E-state index in [1.54, 1.807) is 18.0 Å². The lowest BCUT2D eigenvalue weighted by molar-refractivity contribution is -0.130. The molecular weight excluding hydrogens is 359 g/mol. The number of aromatic amines is 1. The van der Waals surface area contributed by atoms with Gasteiger partial charge in [-0.1, -0.05) is 19.3 Å². The van der Waals surface area contributed by atoms with Crippen molar-refractivity contribution in [2.75, 3.05) is 7.05 Å². The van der Waals surface area contributed by atoms with E-state index >= 15 is 0 Å². The van der Waals surface area contributed by atoms with Crippen LogP contribution in [0.25, 0.3) is 10.9 Å². The average Bonchev–Trinajstić information content (AvgIpc) is 3.33. The van der Waals surface area contributed by atoms with E-state index in [1.165, 1.54) is 31.4 Å². The summed E-state index contributed by atoms with van der Waals surface area (Å²) in [7, 11) is 1.76. The molecule has 0 unspecified atom stereocenters. The van der Waals surface area contributed by atoms with Crippen molar-refractivity contribution < 1.29 is 13.6 Å². The van der Waals surface area contributed by atoms with Crippen molar-refractivity contribution in [1.29, 1.82) is 0 Å². The summed E-state index contributed by atoms with van der Waals surface area (Å²) in [5.74, 6) is 1.36. The second-order valence-corrected chi connectivity index (χ2v) is 7.64. The maximum absolute atomic E-state index is 13.3. The fourth-order valence-corrected chi connectivity index (χ4v) is 3.88. The maximum Gasteiger partial charge on any atom is 0.223 e. The summed E-state index contributed by atoms with van der Waals surface area (Å²) in [6.45, 7) is 0.437. The number of aryl methyl sites for hydroxylation is 1. The molecular formula is C21H25FN4O2. The van der Waals surface area contributed by atoms with Crippen LogP contribution in [-0.4, -0.2) is 33.0 Å². The summed E-state index contributed by atoms with van der Waals surface area (Å²) >= 11 is 0. The number of rotatable bonds is 6. The van der Waals surface area contributed by atoms with E-state index in [2.05, 4.69) is 15.2 Å². The number of hydrogen-bond acceptors (Lipinski definition) is 4. The Labute approximate surface area is 163 Å². The summed E-state index contributed by atoms with van der Waals surface area (Å²) in [4.78, 5) is 17.3. The molecule has 2 aromatic heterocycles. The maximum atomic E-state index is 13.3. The third kappa shape index (κ3) is 4.24. The average molecular weight is 384 g/mol. The van der Waals surface area contributed by atoms with Gasteiger partial charge in [-0.05, 0) is 37.1 Å². The molecule has 7 heteroatoms. The molecule has 6 nitrogen and oxygen atoms in total. The number of halogens is 1. The molecule has 1 aliphatic rings. The van der Waals surface area contributed by atoms with E-state index in [0.717, 1.165) is 35.3 Å². The zero-order valence-corrected chi connectivity index (χ0v) is 16.1. The number of aromatic nitrogens is 3. The summed E-state index contributed by atoms with van der Waals surface area (Å²) in [5.41, 5.74) is 1.73. The first-order chi connectivity index (χ1) is 13.6. The number of nitrogens with one attached hydrogen (secondary N) is 1. The Bertz CT molecular complexity index is 958. The van der Waals surface area contributed by atoms with Gasteiger partial charge in [-0.15, -0.1) is 10.2 Å². The van der Waals surface area contributed by atoms with Gasteiger partial charge in [0.2, 0.25) is 17.7 Å². The smallest absolute Gasteiger partial charge is 0.223 e. The second-order valence-electron chi connectivity index (χ2n) is 7.64. The number of nitrogens with zero attached hydrogens (tertiary/aromatic N) is 3. The molecule has 1 N–H and O–H groups in total. The molecule has 1 aromatic carbocycles. The molecule has 0 bridgehead atoms. The molecule has 0 radical (unpaired) electrons. The van der Waals surface area contributed by atoms with Crippen LogP contribution in [0.5, 0.6) is 0 Å². The first-order valence-corrected chi connectivity index (χ1v) is 9.92. The summed E-state index contributed by atoms with van der Waals surface area (Å²) in [6.07, 6.45) is 6.69. The monoisotopic (exact) mass is 384 g/mol. The number of amides is 1. The van der Waals surface area contributed by atoms with E-state index in [0.29, 0.717) is 31.2 Å². The van der Waals surface area contributed by atoms with Crippen LogP contribution in [0, 0.1) is 5.82 Å². The van der Waals surface area contributed by atoms with Crippen molar-refractivity contribution in [3.8, 4) is 0 Å². The van der Waals surface area contributed by atoms with Crippen LogP contribution < -0.4 is 0 Å². The molecule has 148 valence electrons. The van der Waals surface area contributed by atoms with E-state index in [9.17, 15) is 9.18 Å². The van der Waals surface area contributed by atoms with Gasteiger partial charge >= 0.3 is 0 Å². The topological polar surface area (TPSA) is 75.0 Å². The first-order valence-electron chi connectivity index (χ1n) is 9.92. The van der Waals surface area contributed by atoms with Crippen LogP contribution in [0.2, 0.25) is 0 Å². The van der Waals surface area contributed by atoms with Crippen molar-refractivity contribution in [2.45, 2.75) is 57.4 Å². The third-order valence-corrected chi connectivity index (χ3v) is 5.46. The van der Waals surface area contributed by atoms with Crippen molar-refractivity contribution >= 4 is 16.8 Å².